The molecule has 0 saturated carbocycles. The fourth-order valence-electron chi connectivity index (χ4n) is 3.43. The SMILES string of the molecule is CCn1nc(-c2ccncc2)cc1CC(=O)C(Cc1ccc(F)c(F)c1)NC(=O)OC(C)(C)C. The highest BCUT2D eigenvalue weighted by Crippen LogP contribution is 2.20. The number of amides is 1. The minimum absolute atomic E-state index is 0.0178. The normalized spacial score (nSPS) is 12.3. The molecule has 2 heterocycles. The summed E-state index contributed by atoms with van der Waals surface area (Å²) >= 11 is 0. The summed E-state index contributed by atoms with van der Waals surface area (Å²) in [6.07, 6.45) is 2.51. The van der Waals surface area contributed by atoms with Crippen LogP contribution in [0.4, 0.5) is 13.6 Å². The van der Waals surface area contributed by atoms with Crippen molar-refractivity contribution in [1.82, 2.24) is 20.1 Å². The van der Waals surface area contributed by atoms with Crippen molar-refractivity contribution in [2.75, 3.05) is 0 Å². The number of aromatic nitrogens is 3. The third kappa shape index (κ3) is 6.69. The van der Waals surface area contributed by atoms with Crippen molar-refractivity contribution in [2.45, 2.75) is 58.7 Å². The molecule has 180 valence electrons. The molecule has 0 bridgehead atoms. The van der Waals surface area contributed by atoms with Crippen molar-refractivity contribution in [3.63, 3.8) is 0 Å². The Hall–Kier alpha value is -3.62. The molecule has 2 aromatic heterocycles. The van der Waals surface area contributed by atoms with E-state index in [2.05, 4.69) is 15.4 Å². The summed E-state index contributed by atoms with van der Waals surface area (Å²) in [7, 11) is 0. The third-order valence-corrected chi connectivity index (χ3v) is 5.00. The lowest BCUT2D eigenvalue weighted by Gasteiger charge is -2.23. The number of hydrogen-bond acceptors (Lipinski definition) is 5. The molecule has 0 aliphatic rings. The number of halogens is 2. The molecule has 3 aromatic rings. The number of hydrogen-bond donors (Lipinski definition) is 1. The van der Waals surface area contributed by atoms with E-state index < -0.39 is 29.4 Å². The van der Waals surface area contributed by atoms with Crippen LogP contribution in [-0.4, -0.2) is 38.3 Å². The lowest BCUT2D eigenvalue weighted by atomic mass is 9.99. The minimum Gasteiger partial charge on any atom is -0.444 e. The lowest BCUT2D eigenvalue weighted by molar-refractivity contribution is -0.120. The second-order valence-electron chi connectivity index (χ2n) is 8.87. The quantitative estimate of drug-likeness (QED) is 0.524. The predicted molar refractivity (Wildman–Crippen MR) is 123 cm³/mol. The molecular formula is C25H28F2N4O3. The van der Waals surface area contributed by atoms with Gasteiger partial charge in [-0.2, -0.15) is 5.10 Å². The van der Waals surface area contributed by atoms with Crippen LogP contribution in [-0.2, 0) is 28.9 Å². The fraction of sp³-hybridized carbons (Fsp3) is 0.360. The van der Waals surface area contributed by atoms with E-state index in [1.54, 1.807) is 37.8 Å². The largest absolute Gasteiger partial charge is 0.444 e. The Morgan fingerprint density at radius 3 is 2.41 bits per heavy atom. The van der Waals surface area contributed by atoms with Gasteiger partial charge < -0.3 is 10.1 Å². The molecule has 1 N–H and O–H groups in total. The van der Waals surface area contributed by atoms with E-state index in [9.17, 15) is 18.4 Å². The number of carbonyl (C=O) groups excluding carboxylic acids is 2. The van der Waals surface area contributed by atoms with Crippen LogP contribution in [0.2, 0.25) is 0 Å². The van der Waals surface area contributed by atoms with Gasteiger partial charge in [-0.3, -0.25) is 14.5 Å². The number of ketones is 1. The van der Waals surface area contributed by atoms with Crippen LogP contribution < -0.4 is 5.32 Å². The molecule has 0 spiro atoms. The molecule has 0 aliphatic heterocycles. The standard InChI is InChI=1S/C25H28F2N4O3/c1-5-31-18(14-21(30-31)17-8-10-28-11-9-17)15-23(32)22(29-24(33)34-25(2,3)4)13-16-6-7-19(26)20(27)12-16/h6-12,14,22H,5,13,15H2,1-4H3,(H,29,33). The molecule has 0 fully saturated rings. The van der Waals surface area contributed by atoms with Gasteiger partial charge in [0.25, 0.3) is 0 Å². The van der Waals surface area contributed by atoms with Gasteiger partial charge in [-0.15, -0.1) is 0 Å². The van der Waals surface area contributed by atoms with Gasteiger partial charge >= 0.3 is 6.09 Å². The van der Waals surface area contributed by atoms with Gasteiger partial charge in [0.2, 0.25) is 0 Å². The number of nitrogens with zero attached hydrogens (tertiary/aromatic N) is 3. The van der Waals surface area contributed by atoms with Gasteiger partial charge in [0.1, 0.15) is 5.60 Å². The molecule has 3 rings (SSSR count). The lowest BCUT2D eigenvalue weighted by Crippen LogP contribution is -2.45. The predicted octanol–water partition coefficient (Wildman–Crippen LogP) is 4.49. The van der Waals surface area contributed by atoms with Crippen molar-refractivity contribution >= 4 is 11.9 Å². The minimum atomic E-state index is -1.02. The molecule has 34 heavy (non-hydrogen) atoms. The maximum Gasteiger partial charge on any atom is 0.408 e. The molecule has 7 nitrogen and oxygen atoms in total. The molecule has 0 saturated heterocycles. The summed E-state index contributed by atoms with van der Waals surface area (Å²) in [4.78, 5) is 29.7. The van der Waals surface area contributed by atoms with E-state index in [-0.39, 0.29) is 18.6 Å². The van der Waals surface area contributed by atoms with Gasteiger partial charge in [0, 0.05) is 30.2 Å². The topological polar surface area (TPSA) is 86.1 Å². The Labute approximate surface area is 197 Å². The number of Topliss-reactive ketones (excluding diaryl/α,β-unsaturated/α-hetero) is 1. The summed E-state index contributed by atoms with van der Waals surface area (Å²) in [5, 5.41) is 7.15. The van der Waals surface area contributed by atoms with E-state index in [0.717, 1.165) is 17.7 Å². The summed E-state index contributed by atoms with van der Waals surface area (Å²) < 4.78 is 34.1. The Morgan fingerprint density at radius 2 is 1.79 bits per heavy atom. The van der Waals surface area contributed by atoms with Crippen molar-refractivity contribution in [3.8, 4) is 11.3 Å². The summed E-state index contributed by atoms with van der Waals surface area (Å²) in [5.74, 6) is -2.32. The zero-order valence-electron chi connectivity index (χ0n) is 19.6. The molecule has 0 aliphatic carbocycles. The molecule has 1 unspecified atom stereocenters. The van der Waals surface area contributed by atoms with Crippen molar-refractivity contribution < 1.29 is 23.1 Å². The Balaban J connectivity index is 1.84. The van der Waals surface area contributed by atoms with Gasteiger partial charge in [0.05, 0.1) is 18.2 Å². The highest BCUT2D eigenvalue weighted by molar-refractivity contribution is 5.89. The Kier molecular flexibility index (Phi) is 7.75. The third-order valence-electron chi connectivity index (χ3n) is 5.00. The second-order valence-corrected chi connectivity index (χ2v) is 8.87. The zero-order chi connectivity index (χ0) is 24.9. The number of rotatable bonds is 8. The molecule has 0 radical (unpaired) electrons. The van der Waals surface area contributed by atoms with E-state index in [1.165, 1.54) is 6.07 Å². The van der Waals surface area contributed by atoms with Crippen molar-refractivity contribution in [3.05, 3.63) is 71.7 Å². The summed E-state index contributed by atoms with van der Waals surface area (Å²) in [6.45, 7) is 7.58. The first-order chi connectivity index (χ1) is 16.1. The number of carbonyl (C=O) groups is 2. The van der Waals surface area contributed by atoms with Crippen LogP contribution in [0.1, 0.15) is 39.0 Å². The Morgan fingerprint density at radius 1 is 1.09 bits per heavy atom. The number of alkyl carbamates (subject to hydrolysis) is 1. The number of ether oxygens (including phenoxy) is 1. The molecular weight excluding hydrogens is 442 g/mol. The van der Waals surface area contributed by atoms with Crippen molar-refractivity contribution in [2.24, 2.45) is 0 Å². The van der Waals surface area contributed by atoms with Crippen LogP contribution in [0.3, 0.4) is 0 Å². The van der Waals surface area contributed by atoms with Gasteiger partial charge in [0.15, 0.2) is 17.4 Å². The zero-order valence-corrected chi connectivity index (χ0v) is 19.6. The summed E-state index contributed by atoms with van der Waals surface area (Å²) in [5.41, 5.74) is 1.83. The number of aryl methyl sites for hydroxylation is 1. The molecule has 9 heteroatoms. The first-order valence-corrected chi connectivity index (χ1v) is 11.0. The molecule has 1 aromatic carbocycles. The fourth-order valence-corrected chi connectivity index (χ4v) is 3.43. The van der Waals surface area contributed by atoms with E-state index in [1.807, 2.05) is 25.1 Å². The first-order valence-electron chi connectivity index (χ1n) is 11.0. The highest BCUT2D eigenvalue weighted by atomic mass is 19.2. The maximum atomic E-state index is 13.7. The van der Waals surface area contributed by atoms with Crippen LogP contribution in [0.25, 0.3) is 11.3 Å². The maximum absolute atomic E-state index is 13.7. The average molecular weight is 471 g/mol. The van der Waals surface area contributed by atoms with Gasteiger partial charge in [-0.1, -0.05) is 6.07 Å². The monoisotopic (exact) mass is 470 g/mol. The van der Waals surface area contributed by atoms with Crippen LogP contribution >= 0.6 is 0 Å². The number of pyridine rings is 1. The van der Waals surface area contributed by atoms with Gasteiger partial charge in [-0.05, 0) is 70.0 Å². The van der Waals surface area contributed by atoms with Crippen LogP contribution in [0.15, 0.2) is 48.8 Å². The smallest absolute Gasteiger partial charge is 0.408 e. The summed E-state index contributed by atoms with van der Waals surface area (Å²) in [6, 6.07) is 7.85. The van der Waals surface area contributed by atoms with Gasteiger partial charge in [-0.25, -0.2) is 13.6 Å². The second kappa shape index (κ2) is 10.5. The average Bonchev–Trinajstić information content (AvgIpc) is 3.18. The molecule has 1 amide bonds. The first kappa shape index (κ1) is 25.0. The van der Waals surface area contributed by atoms with Crippen molar-refractivity contribution in [1.29, 1.82) is 0 Å². The number of nitrogens with one attached hydrogen (secondary N) is 1. The van der Waals surface area contributed by atoms with E-state index in [0.29, 0.717) is 23.5 Å². The van der Waals surface area contributed by atoms with E-state index in [4.69, 9.17) is 4.74 Å². The highest BCUT2D eigenvalue weighted by Gasteiger charge is 2.26. The van der Waals surface area contributed by atoms with E-state index >= 15 is 0 Å². The Bertz CT molecular complexity index is 1160. The van der Waals surface area contributed by atoms with Crippen LogP contribution in [0, 0.1) is 11.6 Å². The number of benzene rings is 1. The molecule has 1 atom stereocenters. The van der Waals surface area contributed by atoms with Crippen LogP contribution in [0.5, 0.6) is 0 Å².